The largest absolute Gasteiger partial charge is 0.394 e. The molecule has 0 saturated carbocycles. The zero-order valence-corrected chi connectivity index (χ0v) is 12.8. The first-order valence-corrected chi connectivity index (χ1v) is 7.30. The summed E-state index contributed by atoms with van der Waals surface area (Å²) in [7, 11) is 0. The summed E-state index contributed by atoms with van der Waals surface area (Å²) < 4.78 is 13.4. The van der Waals surface area contributed by atoms with Gasteiger partial charge in [0, 0.05) is 4.47 Å². The van der Waals surface area contributed by atoms with Gasteiger partial charge in [0.25, 0.3) is 5.91 Å². The standard InChI is InChI=1S/C16H15BrFNO2/c17-15-9-12(18)6-7-14(15)16(21)19-13(10-20)8-11-4-2-1-3-5-11/h1-7,9,13,20H,8,10H2,(H,19,21)/t13-/m1/s1. The Labute approximate surface area is 130 Å². The molecule has 0 heterocycles. The Morgan fingerprint density at radius 2 is 1.95 bits per heavy atom. The molecule has 0 fully saturated rings. The van der Waals surface area contributed by atoms with E-state index in [2.05, 4.69) is 21.2 Å². The molecule has 2 aromatic carbocycles. The van der Waals surface area contributed by atoms with Gasteiger partial charge in [0.05, 0.1) is 18.2 Å². The van der Waals surface area contributed by atoms with E-state index < -0.39 is 11.9 Å². The second-order valence-electron chi connectivity index (χ2n) is 4.67. The topological polar surface area (TPSA) is 49.3 Å². The first kappa shape index (κ1) is 15.7. The lowest BCUT2D eigenvalue weighted by Gasteiger charge is -2.17. The number of aliphatic hydroxyl groups is 1. The first-order chi connectivity index (χ1) is 10.1. The van der Waals surface area contributed by atoms with Crippen LogP contribution in [-0.4, -0.2) is 23.7 Å². The van der Waals surface area contributed by atoms with Crippen molar-refractivity contribution in [3.63, 3.8) is 0 Å². The minimum absolute atomic E-state index is 0.167. The Kier molecular flexibility index (Phi) is 5.47. The lowest BCUT2D eigenvalue weighted by Crippen LogP contribution is -2.39. The summed E-state index contributed by atoms with van der Waals surface area (Å²) in [5, 5.41) is 12.2. The molecule has 1 atom stereocenters. The number of aliphatic hydroxyl groups excluding tert-OH is 1. The average Bonchev–Trinajstić information content (AvgIpc) is 2.47. The molecular formula is C16H15BrFNO2. The van der Waals surface area contributed by atoms with E-state index in [-0.39, 0.29) is 12.5 Å². The van der Waals surface area contributed by atoms with Crippen LogP contribution in [0.1, 0.15) is 15.9 Å². The Bertz CT molecular complexity index is 619. The van der Waals surface area contributed by atoms with Crippen molar-refractivity contribution in [2.24, 2.45) is 0 Å². The molecule has 0 aromatic heterocycles. The number of halogens is 2. The second-order valence-corrected chi connectivity index (χ2v) is 5.52. The molecule has 0 saturated heterocycles. The van der Waals surface area contributed by atoms with E-state index in [1.165, 1.54) is 18.2 Å². The van der Waals surface area contributed by atoms with E-state index in [4.69, 9.17) is 0 Å². The monoisotopic (exact) mass is 351 g/mol. The van der Waals surface area contributed by atoms with E-state index in [1.807, 2.05) is 30.3 Å². The number of nitrogens with one attached hydrogen (secondary N) is 1. The van der Waals surface area contributed by atoms with E-state index >= 15 is 0 Å². The van der Waals surface area contributed by atoms with Crippen LogP contribution in [-0.2, 0) is 6.42 Å². The van der Waals surface area contributed by atoms with Crippen LogP contribution in [0.15, 0.2) is 53.0 Å². The molecule has 2 rings (SSSR count). The van der Waals surface area contributed by atoms with Crippen LogP contribution >= 0.6 is 15.9 Å². The molecule has 5 heteroatoms. The predicted molar refractivity (Wildman–Crippen MR) is 82.6 cm³/mol. The summed E-state index contributed by atoms with van der Waals surface area (Å²) in [5.41, 5.74) is 1.36. The molecule has 0 radical (unpaired) electrons. The highest BCUT2D eigenvalue weighted by atomic mass is 79.9. The van der Waals surface area contributed by atoms with Gasteiger partial charge >= 0.3 is 0 Å². The highest BCUT2D eigenvalue weighted by molar-refractivity contribution is 9.10. The van der Waals surface area contributed by atoms with Crippen molar-refractivity contribution in [1.82, 2.24) is 5.32 Å². The first-order valence-electron chi connectivity index (χ1n) is 6.51. The van der Waals surface area contributed by atoms with Gasteiger partial charge in [-0.15, -0.1) is 0 Å². The van der Waals surface area contributed by atoms with Crippen LogP contribution in [0.4, 0.5) is 4.39 Å². The minimum atomic E-state index is -0.415. The fourth-order valence-electron chi connectivity index (χ4n) is 2.00. The van der Waals surface area contributed by atoms with Crippen LogP contribution in [0.25, 0.3) is 0 Å². The van der Waals surface area contributed by atoms with Crippen LogP contribution in [0, 0.1) is 5.82 Å². The van der Waals surface area contributed by atoms with Crippen molar-refractivity contribution >= 4 is 21.8 Å². The number of rotatable bonds is 5. The van der Waals surface area contributed by atoms with Gasteiger partial charge in [-0.2, -0.15) is 0 Å². The summed E-state index contributed by atoms with van der Waals surface area (Å²) in [6.45, 7) is -0.167. The summed E-state index contributed by atoms with van der Waals surface area (Å²) >= 11 is 3.16. The normalized spacial score (nSPS) is 12.0. The maximum atomic E-state index is 13.0. The van der Waals surface area contributed by atoms with Gasteiger partial charge in [-0.1, -0.05) is 30.3 Å². The number of amides is 1. The molecular weight excluding hydrogens is 337 g/mol. The zero-order valence-electron chi connectivity index (χ0n) is 11.2. The second kappa shape index (κ2) is 7.33. The molecule has 0 aliphatic carbocycles. The van der Waals surface area contributed by atoms with Crippen molar-refractivity contribution < 1.29 is 14.3 Å². The molecule has 0 spiro atoms. The van der Waals surface area contributed by atoms with Crippen LogP contribution < -0.4 is 5.32 Å². The molecule has 2 aromatic rings. The lowest BCUT2D eigenvalue weighted by atomic mass is 10.1. The van der Waals surface area contributed by atoms with Crippen LogP contribution in [0.3, 0.4) is 0 Å². The Hall–Kier alpha value is -1.72. The molecule has 0 bridgehead atoms. The fraction of sp³-hybridized carbons (Fsp3) is 0.188. The molecule has 21 heavy (non-hydrogen) atoms. The number of hydrogen-bond acceptors (Lipinski definition) is 2. The average molecular weight is 352 g/mol. The maximum absolute atomic E-state index is 13.0. The lowest BCUT2D eigenvalue weighted by molar-refractivity contribution is 0.0915. The fourth-order valence-corrected chi connectivity index (χ4v) is 2.53. The van der Waals surface area contributed by atoms with Crippen molar-refractivity contribution in [1.29, 1.82) is 0 Å². The van der Waals surface area contributed by atoms with Gasteiger partial charge in [-0.3, -0.25) is 4.79 Å². The van der Waals surface area contributed by atoms with Gasteiger partial charge in [0.1, 0.15) is 5.82 Å². The minimum Gasteiger partial charge on any atom is -0.394 e. The molecule has 3 nitrogen and oxygen atoms in total. The molecule has 2 N–H and O–H groups in total. The van der Waals surface area contributed by atoms with Gasteiger partial charge in [0.2, 0.25) is 0 Å². The number of hydrogen-bond donors (Lipinski definition) is 2. The Morgan fingerprint density at radius 1 is 1.24 bits per heavy atom. The third-order valence-electron chi connectivity index (χ3n) is 3.06. The molecule has 0 unspecified atom stereocenters. The van der Waals surface area contributed by atoms with E-state index in [1.54, 1.807) is 0 Å². The molecule has 0 aliphatic rings. The number of benzene rings is 2. The molecule has 0 aliphatic heterocycles. The summed E-state index contributed by atoms with van der Waals surface area (Å²) in [6, 6.07) is 13.1. The van der Waals surface area contributed by atoms with Crippen molar-refractivity contribution in [2.75, 3.05) is 6.61 Å². The summed E-state index contributed by atoms with van der Waals surface area (Å²) in [4.78, 5) is 12.2. The SMILES string of the molecule is O=C(N[C@@H](CO)Cc1ccccc1)c1ccc(F)cc1Br. The van der Waals surface area contributed by atoms with Gasteiger partial charge in [-0.25, -0.2) is 4.39 Å². The van der Waals surface area contributed by atoms with Crippen molar-refractivity contribution in [2.45, 2.75) is 12.5 Å². The quantitative estimate of drug-likeness (QED) is 0.869. The van der Waals surface area contributed by atoms with Crippen molar-refractivity contribution in [3.05, 3.63) is 69.9 Å². The zero-order chi connectivity index (χ0) is 15.2. The van der Waals surface area contributed by atoms with Crippen molar-refractivity contribution in [3.8, 4) is 0 Å². The predicted octanol–water partition coefficient (Wildman–Crippen LogP) is 2.92. The summed E-state index contributed by atoms with van der Waals surface area (Å²) in [5.74, 6) is -0.765. The molecule has 1 amide bonds. The van der Waals surface area contributed by atoms with Crippen LogP contribution in [0.2, 0.25) is 0 Å². The van der Waals surface area contributed by atoms with Gasteiger partial charge in [0.15, 0.2) is 0 Å². The number of carbonyl (C=O) groups excluding carboxylic acids is 1. The van der Waals surface area contributed by atoms with E-state index in [9.17, 15) is 14.3 Å². The smallest absolute Gasteiger partial charge is 0.252 e. The van der Waals surface area contributed by atoms with E-state index in [0.29, 0.717) is 16.5 Å². The maximum Gasteiger partial charge on any atom is 0.252 e. The number of carbonyl (C=O) groups is 1. The molecule has 110 valence electrons. The van der Waals surface area contributed by atoms with Gasteiger partial charge in [-0.05, 0) is 46.1 Å². The third-order valence-corrected chi connectivity index (χ3v) is 3.71. The van der Waals surface area contributed by atoms with Gasteiger partial charge < -0.3 is 10.4 Å². The summed E-state index contributed by atoms with van der Waals surface area (Å²) in [6.07, 6.45) is 0.530. The Balaban J connectivity index is 2.06. The van der Waals surface area contributed by atoms with E-state index in [0.717, 1.165) is 5.56 Å². The highest BCUT2D eigenvalue weighted by Crippen LogP contribution is 2.18. The third kappa shape index (κ3) is 4.37. The highest BCUT2D eigenvalue weighted by Gasteiger charge is 2.16. The van der Waals surface area contributed by atoms with Crippen LogP contribution in [0.5, 0.6) is 0 Å². The Morgan fingerprint density at radius 3 is 2.57 bits per heavy atom.